The van der Waals surface area contributed by atoms with Crippen molar-refractivity contribution in [2.45, 2.75) is 26.1 Å². The molecule has 0 aromatic carbocycles. The molecule has 0 aliphatic carbocycles. The lowest BCUT2D eigenvalue weighted by atomic mass is 9.96. The molecule has 2 aromatic rings. The van der Waals surface area contributed by atoms with Crippen LogP contribution in [0.4, 0.5) is 13.2 Å². The second-order valence-corrected chi connectivity index (χ2v) is 5.04. The van der Waals surface area contributed by atoms with Gasteiger partial charge in [-0.25, -0.2) is 4.98 Å². The van der Waals surface area contributed by atoms with Crippen LogP contribution in [0.25, 0.3) is 10.2 Å². The molecule has 1 aliphatic heterocycles. The number of pyridine rings is 1. The molecule has 3 rings (SSSR count). The zero-order valence-corrected chi connectivity index (χ0v) is 10.4. The lowest BCUT2D eigenvalue weighted by Gasteiger charge is -2.21. The number of halogens is 3. The van der Waals surface area contributed by atoms with E-state index in [4.69, 9.17) is 0 Å². The highest BCUT2D eigenvalue weighted by Gasteiger charge is 2.38. The minimum atomic E-state index is -4.40. The summed E-state index contributed by atoms with van der Waals surface area (Å²) in [5.41, 5.74) is 1.06. The van der Waals surface area contributed by atoms with Crippen molar-refractivity contribution < 1.29 is 13.2 Å². The van der Waals surface area contributed by atoms with Gasteiger partial charge in [-0.15, -0.1) is 0 Å². The molecule has 0 saturated heterocycles. The fraction of sp³-hybridized carbons (Fsp3) is 0.455. The molecule has 0 amide bonds. The molecule has 18 heavy (non-hydrogen) atoms. The van der Waals surface area contributed by atoms with E-state index in [9.17, 15) is 13.2 Å². The predicted octanol–water partition coefficient (Wildman–Crippen LogP) is 2.66. The van der Waals surface area contributed by atoms with Crippen LogP contribution < -0.4 is 5.32 Å². The van der Waals surface area contributed by atoms with Gasteiger partial charge in [0, 0.05) is 11.9 Å². The first-order valence-electron chi connectivity index (χ1n) is 5.54. The fourth-order valence-corrected chi connectivity index (χ4v) is 3.18. The van der Waals surface area contributed by atoms with Gasteiger partial charge in [-0.1, -0.05) is 0 Å². The van der Waals surface area contributed by atoms with E-state index in [0.29, 0.717) is 35.5 Å². The second kappa shape index (κ2) is 3.89. The van der Waals surface area contributed by atoms with Crippen molar-refractivity contribution in [1.29, 1.82) is 0 Å². The van der Waals surface area contributed by atoms with Gasteiger partial charge in [-0.3, -0.25) is 0 Å². The number of hydrogen-bond acceptors (Lipinski definition) is 4. The number of rotatable bonds is 0. The molecule has 2 aromatic heterocycles. The number of alkyl halides is 3. The summed E-state index contributed by atoms with van der Waals surface area (Å²) in [5.74, 6) is 0. The summed E-state index contributed by atoms with van der Waals surface area (Å²) in [7, 11) is 0. The third-order valence-electron chi connectivity index (χ3n) is 3.13. The highest BCUT2D eigenvalue weighted by Crippen LogP contribution is 2.37. The Labute approximate surface area is 105 Å². The molecule has 0 unspecified atom stereocenters. The van der Waals surface area contributed by atoms with E-state index in [1.54, 1.807) is 0 Å². The Kier molecular flexibility index (Phi) is 2.56. The summed E-state index contributed by atoms with van der Waals surface area (Å²) in [5, 5.41) is 3.90. The molecule has 0 bridgehead atoms. The summed E-state index contributed by atoms with van der Waals surface area (Å²) in [6.07, 6.45) is -4.03. The molecule has 3 heterocycles. The van der Waals surface area contributed by atoms with Crippen molar-refractivity contribution >= 4 is 21.7 Å². The zero-order chi connectivity index (χ0) is 12.9. The Morgan fingerprint density at radius 2 is 2.06 bits per heavy atom. The van der Waals surface area contributed by atoms with Crippen LogP contribution in [0.15, 0.2) is 0 Å². The Morgan fingerprint density at radius 3 is 2.78 bits per heavy atom. The highest BCUT2D eigenvalue weighted by atomic mass is 32.1. The molecule has 0 atom stereocenters. The standard InChI is InChI=1S/C11H10F3N3S/c1-5-8-7-4-15-3-2-6(7)9(11(12,13)14)16-10(8)18-17-5/h15H,2-4H2,1H3. The molecular formula is C11H10F3N3S. The Balaban J connectivity index is 2.38. The lowest BCUT2D eigenvalue weighted by Crippen LogP contribution is -2.27. The van der Waals surface area contributed by atoms with Crippen molar-refractivity contribution in [1.82, 2.24) is 14.7 Å². The Hall–Kier alpha value is -1.21. The van der Waals surface area contributed by atoms with Crippen LogP contribution in [-0.4, -0.2) is 15.9 Å². The number of aromatic nitrogens is 2. The second-order valence-electron chi connectivity index (χ2n) is 4.29. The van der Waals surface area contributed by atoms with Crippen molar-refractivity contribution in [3.63, 3.8) is 0 Å². The largest absolute Gasteiger partial charge is 0.433 e. The Bertz CT molecular complexity index is 618. The topological polar surface area (TPSA) is 37.8 Å². The number of nitrogens with one attached hydrogen (secondary N) is 1. The van der Waals surface area contributed by atoms with E-state index in [0.717, 1.165) is 22.6 Å². The molecular weight excluding hydrogens is 263 g/mol. The summed E-state index contributed by atoms with van der Waals surface area (Å²) in [6.45, 7) is 2.82. The van der Waals surface area contributed by atoms with E-state index in [1.807, 2.05) is 6.92 Å². The maximum Gasteiger partial charge on any atom is 0.433 e. The van der Waals surface area contributed by atoms with Gasteiger partial charge in [0.2, 0.25) is 0 Å². The van der Waals surface area contributed by atoms with Crippen LogP contribution in [0, 0.1) is 6.92 Å². The van der Waals surface area contributed by atoms with E-state index in [1.165, 1.54) is 0 Å². The van der Waals surface area contributed by atoms with Crippen LogP contribution in [0.3, 0.4) is 0 Å². The van der Waals surface area contributed by atoms with Crippen LogP contribution in [0.2, 0.25) is 0 Å². The zero-order valence-electron chi connectivity index (χ0n) is 9.56. The van der Waals surface area contributed by atoms with Gasteiger partial charge in [0.15, 0.2) is 0 Å². The van der Waals surface area contributed by atoms with Gasteiger partial charge in [0.05, 0.1) is 5.69 Å². The van der Waals surface area contributed by atoms with E-state index >= 15 is 0 Å². The van der Waals surface area contributed by atoms with Gasteiger partial charge >= 0.3 is 6.18 Å². The molecule has 0 saturated carbocycles. The number of fused-ring (bicyclic) bond motifs is 3. The van der Waals surface area contributed by atoms with Gasteiger partial charge < -0.3 is 5.32 Å². The smallest absolute Gasteiger partial charge is 0.312 e. The van der Waals surface area contributed by atoms with Gasteiger partial charge in [-0.05, 0) is 42.5 Å². The first-order chi connectivity index (χ1) is 8.48. The van der Waals surface area contributed by atoms with Gasteiger partial charge in [0.1, 0.15) is 10.5 Å². The van der Waals surface area contributed by atoms with Gasteiger partial charge in [-0.2, -0.15) is 17.5 Å². The van der Waals surface area contributed by atoms with Crippen molar-refractivity contribution in [3.8, 4) is 0 Å². The SMILES string of the molecule is Cc1nsc2nc(C(F)(F)F)c3c(c12)CNCC3. The lowest BCUT2D eigenvalue weighted by molar-refractivity contribution is -0.141. The molecule has 0 fully saturated rings. The molecule has 0 spiro atoms. The third-order valence-corrected chi connectivity index (χ3v) is 3.97. The number of aryl methyl sites for hydroxylation is 1. The quantitative estimate of drug-likeness (QED) is 0.802. The summed E-state index contributed by atoms with van der Waals surface area (Å²) >= 11 is 1.03. The molecule has 96 valence electrons. The fourth-order valence-electron chi connectivity index (χ4n) is 2.37. The summed E-state index contributed by atoms with van der Waals surface area (Å²) in [4.78, 5) is 4.16. The maximum atomic E-state index is 13.0. The monoisotopic (exact) mass is 273 g/mol. The first kappa shape index (κ1) is 11.9. The number of nitrogens with zero attached hydrogens (tertiary/aromatic N) is 2. The summed E-state index contributed by atoms with van der Waals surface area (Å²) in [6, 6.07) is 0. The van der Waals surface area contributed by atoms with E-state index in [2.05, 4.69) is 14.7 Å². The van der Waals surface area contributed by atoms with Crippen LogP contribution in [-0.2, 0) is 19.1 Å². The van der Waals surface area contributed by atoms with Crippen molar-refractivity contribution in [2.24, 2.45) is 0 Å². The van der Waals surface area contributed by atoms with Crippen molar-refractivity contribution in [3.05, 3.63) is 22.5 Å². The Morgan fingerprint density at radius 1 is 1.28 bits per heavy atom. The van der Waals surface area contributed by atoms with Gasteiger partial charge in [0.25, 0.3) is 0 Å². The average Bonchev–Trinajstić information content (AvgIpc) is 2.69. The summed E-state index contributed by atoms with van der Waals surface area (Å²) < 4.78 is 43.1. The molecule has 1 N–H and O–H groups in total. The minimum Gasteiger partial charge on any atom is -0.312 e. The minimum absolute atomic E-state index is 0.331. The molecule has 3 nitrogen and oxygen atoms in total. The maximum absolute atomic E-state index is 13.0. The molecule has 1 aliphatic rings. The molecule has 7 heteroatoms. The highest BCUT2D eigenvalue weighted by molar-refractivity contribution is 7.13. The average molecular weight is 273 g/mol. The third kappa shape index (κ3) is 1.69. The van der Waals surface area contributed by atoms with Crippen LogP contribution >= 0.6 is 11.5 Å². The van der Waals surface area contributed by atoms with E-state index in [-0.39, 0.29) is 0 Å². The molecule has 0 radical (unpaired) electrons. The van der Waals surface area contributed by atoms with E-state index < -0.39 is 11.9 Å². The van der Waals surface area contributed by atoms with Crippen molar-refractivity contribution in [2.75, 3.05) is 6.54 Å². The number of hydrogen-bond donors (Lipinski definition) is 1. The normalized spacial score (nSPS) is 16.0. The predicted molar refractivity (Wildman–Crippen MR) is 62.6 cm³/mol. The first-order valence-corrected chi connectivity index (χ1v) is 6.31. The van der Waals surface area contributed by atoms with Crippen LogP contribution in [0.5, 0.6) is 0 Å². The van der Waals surface area contributed by atoms with Crippen LogP contribution in [0.1, 0.15) is 22.5 Å².